The van der Waals surface area contributed by atoms with Crippen LogP contribution in [-0.2, 0) is 6.54 Å². The topological polar surface area (TPSA) is 56.7 Å². The second-order valence-electron chi connectivity index (χ2n) is 4.82. The highest BCUT2D eigenvalue weighted by molar-refractivity contribution is 5.54. The van der Waals surface area contributed by atoms with E-state index in [0.717, 1.165) is 18.8 Å². The highest BCUT2D eigenvalue weighted by Crippen LogP contribution is 2.28. The number of fused-ring (bicyclic) bond motifs is 1. The molecule has 1 aromatic heterocycles. The fourth-order valence-electron chi connectivity index (χ4n) is 2.28. The highest BCUT2D eigenvalue weighted by atomic mass is 19.1. The van der Waals surface area contributed by atoms with E-state index in [1.165, 1.54) is 12.1 Å². The van der Waals surface area contributed by atoms with Gasteiger partial charge in [0.15, 0.2) is 5.82 Å². The predicted octanol–water partition coefficient (Wildman–Crippen LogP) is 2.12. The van der Waals surface area contributed by atoms with E-state index in [9.17, 15) is 4.39 Å². The molecule has 0 bridgehead atoms. The third-order valence-corrected chi connectivity index (χ3v) is 3.49. The third kappa shape index (κ3) is 1.80. The molecule has 1 aromatic carbocycles. The molecule has 18 heavy (non-hydrogen) atoms. The quantitative estimate of drug-likeness (QED) is 0.838. The molecule has 5 heteroatoms. The molecular formula is C13H15FN4. The summed E-state index contributed by atoms with van der Waals surface area (Å²) in [6, 6.07) is 6.23. The fraction of sp³-hybridized carbons (Fsp3) is 0.385. The molecule has 2 unspecified atom stereocenters. The number of aromatic nitrogens is 3. The van der Waals surface area contributed by atoms with Gasteiger partial charge in [-0.15, -0.1) is 0 Å². The van der Waals surface area contributed by atoms with Gasteiger partial charge >= 0.3 is 0 Å². The Morgan fingerprint density at radius 1 is 1.44 bits per heavy atom. The van der Waals surface area contributed by atoms with Crippen molar-refractivity contribution in [2.24, 2.45) is 11.7 Å². The molecule has 2 atom stereocenters. The molecule has 0 saturated heterocycles. The van der Waals surface area contributed by atoms with Crippen molar-refractivity contribution >= 4 is 0 Å². The molecule has 1 aliphatic rings. The number of hydrogen-bond donors (Lipinski definition) is 1. The average Bonchev–Trinajstić information content (AvgIpc) is 2.79. The Morgan fingerprint density at radius 3 is 3.06 bits per heavy atom. The first-order valence-electron chi connectivity index (χ1n) is 6.11. The second kappa shape index (κ2) is 4.17. The van der Waals surface area contributed by atoms with Crippen LogP contribution in [-0.4, -0.2) is 14.8 Å². The van der Waals surface area contributed by atoms with Gasteiger partial charge in [0.1, 0.15) is 11.6 Å². The van der Waals surface area contributed by atoms with Crippen LogP contribution < -0.4 is 5.73 Å². The normalized spacial score (nSPS) is 22.8. The maximum absolute atomic E-state index is 13.2. The summed E-state index contributed by atoms with van der Waals surface area (Å²) in [4.78, 5) is 4.45. The molecule has 4 nitrogen and oxygen atoms in total. The second-order valence-corrected chi connectivity index (χ2v) is 4.82. The van der Waals surface area contributed by atoms with Crippen LogP contribution in [0.2, 0.25) is 0 Å². The van der Waals surface area contributed by atoms with Crippen molar-refractivity contribution in [2.75, 3.05) is 0 Å². The maximum atomic E-state index is 13.2. The van der Waals surface area contributed by atoms with Gasteiger partial charge in [0.25, 0.3) is 0 Å². The van der Waals surface area contributed by atoms with Crippen LogP contribution in [0, 0.1) is 11.7 Å². The van der Waals surface area contributed by atoms with Crippen LogP contribution >= 0.6 is 0 Å². The first-order valence-corrected chi connectivity index (χ1v) is 6.11. The van der Waals surface area contributed by atoms with E-state index in [1.807, 2.05) is 4.68 Å². The van der Waals surface area contributed by atoms with Gasteiger partial charge in [0.05, 0.1) is 6.04 Å². The van der Waals surface area contributed by atoms with Crippen molar-refractivity contribution in [2.45, 2.75) is 25.9 Å². The standard InChI is InChI=1S/C13H15FN4/c1-8-5-6-18-13(11(8)15)16-12(17-18)9-3-2-4-10(14)7-9/h2-4,7-8,11H,5-6,15H2,1H3. The first-order chi connectivity index (χ1) is 8.65. The molecule has 2 aromatic rings. The van der Waals surface area contributed by atoms with Gasteiger partial charge < -0.3 is 5.73 Å². The minimum absolute atomic E-state index is 0.0893. The minimum atomic E-state index is -0.280. The van der Waals surface area contributed by atoms with E-state index >= 15 is 0 Å². The molecule has 3 rings (SSSR count). The molecule has 0 spiro atoms. The summed E-state index contributed by atoms with van der Waals surface area (Å²) in [5, 5.41) is 4.41. The number of rotatable bonds is 1. The van der Waals surface area contributed by atoms with Crippen molar-refractivity contribution < 1.29 is 4.39 Å². The molecule has 0 amide bonds. The number of aryl methyl sites for hydroxylation is 1. The Bertz CT molecular complexity index is 578. The van der Waals surface area contributed by atoms with Gasteiger partial charge in [-0.3, -0.25) is 0 Å². The van der Waals surface area contributed by atoms with E-state index in [4.69, 9.17) is 5.73 Å². The summed E-state index contributed by atoms with van der Waals surface area (Å²) in [6.07, 6.45) is 1.00. The summed E-state index contributed by atoms with van der Waals surface area (Å²) in [5.74, 6) is 1.47. The van der Waals surface area contributed by atoms with Crippen LogP contribution in [0.4, 0.5) is 4.39 Å². The van der Waals surface area contributed by atoms with E-state index in [-0.39, 0.29) is 11.9 Å². The molecular weight excluding hydrogens is 231 g/mol. The van der Waals surface area contributed by atoms with Crippen LogP contribution in [0.5, 0.6) is 0 Å². The molecule has 0 fully saturated rings. The van der Waals surface area contributed by atoms with E-state index < -0.39 is 0 Å². The van der Waals surface area contributed by atoms with Gasteiger partial charge in [-0.2, -0.15) is 5.10 Å². The Labute approximate surface area is 105 Å². The zero-order chi connectivity index (χ0) is 12.7. The molecule has 94 valence electrons. The monoisotopic (exact) mass is 246 g/mol. The van der Waals surface area contributed by atoms with E-state index in [0.29, 0.717) is 17.3 Å². The van der Waals surface area contributed by atoms with Crippen LogP contribution in [0.15, 0.2) is 24.3 Å². The fourth-order valence-corrected chi connectivity index (χ4v) is 2.28. The predicted molar refractivity (Wildman–Crippen MR) is 66.1 cm³/mol. The average molecular weight is 246 g/mol. The Morgan fingerprint density at radius 2 is 2.28 bits per heavy atom. The van der Waals surface area contributed by atoms with Gasteiger partial charge in [0, 0.05) is 12.1 Å². The van der Waals surface area contributed by atoms with Gasteiger partial charge in [-0.05, 0) is 24.5 Å². The molecule has 0 aliphatic carbocycles. The molecule has 1 aliphatic heterocycles. The lowest BCUT2D eigenvalue weighted by atomic mass is 9.95. The van der Waals surface area contributed by atoms with Crippen LogP contribution in [0.1, 0.15) is 25.2 Å². The zero-order valence-electron chi connectivity index (χ0n) is 10.2. The summed E-state index contributed by atoms with van der Waals surface area (Å²) < 4.78 is 15.0. The number of halogens is 1. The van der Waals surface area contributed by atoms with E-state index in [1.54, 1.807) is 12.1 Å². The third-order valence-electron chi connectivity index (χ3n) is 3.49. The number of nitrogens with zero attached hydrogens (tertiary/aromatic N) is 3. The van der Waals surface area contributed by atoms with Crippen molar-refractivity contribution in [1.82, 2.24) is 14.8 Å². The lowest BCUT2D eigenvalue weighted by Crippen LogP contribution is -2.29. The summed E-state index contributed by atoms with van der Waals surface area (Å²) in [7, 11) is 0. The summed E-state index contributed by atoms with van der Waals surface area (Å²) in [5.41, 5.74) is 6.81. The van der Waals surface area contributed by atoms with Crippen molar-refractivity contribution in [1.29, 1.82) is 0 Å². The molecule has 2 heterocycles. The SMILES string of the molecule is CC1CCn2nc(-c3cccc(F)c3)nc2C1N. The summed E-state index contributed by atoms with van der Waals surface area (Å²) in [6.45, 7) is 2.94. The summed E-state index contributed by atoms with van der Waals surface area (Å²) >= 11 is 0. The molecule has 2 N–H and O–H groups in total. The number of hydrogen-bond acceptors (Lipinski definition) is 3. The smallest absolute Gasteiger partial charge is 0.181 e. The van der Waals surface area contributed by atoms with Gasteiger partial charge in [-0.1, -0.05) is 19.1 Å². The highest BCUT2D eigenvalue weighted by Gasteiger charge is 2.27. The van der Waals surface area contributed by atoms with Crippen molar-refractivity contribution in [3.05, 3.63) is 35.9 Å². The van der Waals surface area contributed by atoms with Crippen LogP contribution in [0.3, 0.4) is 0 Å². The Balaban J connectivity index is 2.03. The van der Waals surface area contributed by atoms with Gasteiger partial charge in [0.2, 0.25) is 0 Å². The number of nitrogens with two attached hydrogens (primary N) is 1. The van der Waals surface area contributed by atoms with Crippen molar-refractivity contribution in [3.8, 4) is 11.4 Å². The number of benzene rings is 1. The Hall–Kier alpha value is -1.75. The largest absolute Gasteiger partial charge is 0.321 e. The first kappa shape index (κ1) is 11.3. The Kier molecular flexibility index (Phi) is 2.63. The minimum Gasteiger partial charge on any atom is -0.321 e. The lowest BCUT2D eigenvalue weighted by Gasteiger charge is -2.24. The van der Waals surface area contributed by atoms with E-state index in [2.05, 4.69) is 17.0 Å². The maximum Gasteiger partial charge on any atom is 0.181 e. The van der Waals surface area contributed by atoms with Crippen molar-refractivity contribution in [3.63, 3.8) is 0 Å². The lowest BCUT2D eigenvalue weighted by molar-refractivity contribution is 0.323. The molecule has 0 radical (unpaired) electrons. The van der Waals surface area contributed by atoms with Gasteiger partial charge in [-0.25, -0.2) is 14.1 Å². The zero-order valence-corrected chi connectivity index (χ0v) is 10.2. The van der Waals surface area contributed by atoms with Crippen LogP contribution in [0.25, 0.3) is 11.4 Å². The molecule has 0 saturated carbocycles.